The maximum absolute atomic E-state index is 13.5. The van der Waals surface area contributed by atoms with Crippen molar-refractivity contribution in [2.75, 3.05) is 9.62 Å². The molecule has 38 heavy (non-hydrogen) atoms. The Labute approximate surface area is 222 Å². The van der Waals surface area contributed by atoms with Crippen molar-refractivity contribution in [2.45, 2.75) is 43.5 Å². The lowest BCUT2D eigenvalue weighted by Gasteiger charge is -2.24. The lowest BCUT2D eigenvalue weighted by Crippen LogP contribution is -2.35. The third kappa shape index (κ3) is 5.48. The first-order valence-corrected chi connectivity index (χ1v) is 13.2. The molecule has 0 spiro atoms. The second-order valence-corrected chi connectivity index (χ2v) is 11.0. The monoisotopic (exact) mass is 566 g/mol. The van der Waals surface area contributed by atoms with Gasteiger partial charge >= 0.3 is 12.1 Å². The van der Waals surface area contributed by atoms with Crippen molar-refractivity contribution in [1.29, 1.82) is 0 Å². The van der Waals surface area contributed by atoms with Crippen LogP contribution < -0.4 is 9.62 Å². The van der Waals surface area contributed by atoms with Crippen molar-refractivity contribution in [3.63, 3.8) is 0 Å². The Morgan fingerprint density at radius 2 is 1.79 bits per heavy atom. The van der Waals surface area contributed by atoms with E-state index in [-0.39, 0.29) is 27.2 Å². The standard InChI is InChI=1S/C26H22ClF3N2O5S/c1-15-12-17-6-3-4-9-23(17)32(15)38(35,36)20-8-5-7-18(13-20)25(34)37-16(2)24(33)31-22-14-19(26(28,29)30)10-11-21(22)27/h3-11,13-16H,12H2,1-2H3,(H,31,33)/t15-,16-/m1/s1. The molecule has 0 bridgehead atoms. The van der Waals surface area contributed by atoms with Gasteiger partial charge in [-0.1, -0.05) is 35.9 Å². The molecule has 0 unspecified atom stereocenters. The molecule has 1 aliphatic heterocycles. The molecule has 3 aromatic carbocycles. The second kappa shape index (κ2) is 10.3. The molecule has 0 saturated heterocycles. The number of nitrogens with one attached hydrogen (secondary N) is 1. The van der Waals surface area contributed by atoms with Gasteiger partial charge in [0.25, 0.3) is 15.9 Å². The van der Waals surface area contributed by atoms with Crippen LogP contribution in [0.25, 0.3) is 0 Å². The first kappa shape index (κ1) is 27.5. The van der Waals surface area contributed by atoms with Crippen LogP contribution in [0.5, 0.6) is 0 Å². The normalized spacial score (nSPS) is 16.1. The molecule has 1 heterocycles. The van der Waals surface area contributed by atoms with Gasteiger partial charge in [0.05, 0.1) is 32.4 Å². The Balaban J connectivity index is 1.50. The summed E-state index contributed by atoms with van der Waals surface area (Å²) < 4.78 is 72.4. The highest BCUT2D eigenvalue weighted by Crippen LogP contribution is 2.37. The maximum Gasteiger partial charge on any atom is 0.416 e. The summed E-state index contributed by atoms with van der Waals surface area (Å²) in [6.07, 6.45) is -5.54. The van der Waals surface area contributed by atoms with E-state index in [1.165, 1.54) is 29.4 Å². The zero-order valence-electron chi connectivity index (χ0n) is 20.1. The molecule has 1 N–H and O–H groups in total. The molecule has 200 valence electrons. The molecule has 12 heteroatoms. The lowest BCUT2D eigenvalue weighted by atomic mass is 10.1. The van der Waals surface area contributed by atoms with E-state index in [2.05, 4.69) is 5.32 Å². The minimum Gasteiger partial charge on any atom is -0.449 e. The predicted molar refractivity (Wildman–Crippen MR) is 136 cm³/mol. The van der Waals surface area contributed by atoms with Gasteiger partial charge in [-0.2, -0.15) is 13.2 Å². The van der Waals surface area contributed by atoms with Crippen LogP contribution >= 0.6 is 11.6 Å². The maximum atomic E-state index is 13.5. The molecule has 1 aliphatic rings. The van der Waals surface area contributed by atoms with Crippen LogP contribution in [-0.4, -0.2) is 32.4 Å². The predicted octanol–water partition coefficient (Wildman–Crippen LogP) is 5.68. The highest BCUT2D eigenvalue weighted by Gasteiger charge is 2.36. The van der Waals surface area contributed by atoms with Gasteiger partial charge in [0.15, 0.2) is 6.10 Å². The van der Waals surface area contributed by atoms with Crippen LogP contribution in [0.4, 0.5) is 24.5 Å². The summed E-state index contributed by atoms with van der Waals surface area (Å²) in [5.41, 5.74) is 0.00616. The number of halogens is 4. The first-order chi connectivity index (χ1) is 17.8. The van der Waals surface area contributed by atoms with Gasteiger partial charge in [-0.15, -0.1) is 0 Å². The largest absolute Gasteiger partial charge is 0.449 e. The van der Waals surface area contributed by atoms with Crippen molar-refractivity contribution in [3.8, 4) is 0 Å². The number of sulfonamides is 1. The number of alkyl halides is 3. The van der Waals surface area contributed by atoms with Gasteiger partial charge in [0.1, 0.15) is 0 Å². The quantitative estimate of drug-likeness (QED) is 0.387. The lowest BCUT2D eigenvalue weighted by molar-refractivity contribution is -0.137. The van der Waals surface area contributed by atoms with Crippen LogP contribution in [0.15, 0.2) is 71.6 Å². The molecule has 0 fully saturated rings. The molecular weight excluding hydrogens is 545 g/mol. The molecule has 1 amide bonds. The van der Waals surface area contributed by atoms with Crippen LogP contribution in [0, 0.1) is 0 Å². The van der Waals surface area contributed by atoms with E-state index in [0.717, 1.165) is 23.8 Å². The number of anilines is 2. The molecule has 0 saturated carbocycles. The molecule has 4 rings (SSSR count). The summed E-state index contributed by atoms with van der Waals surface area (Å²) >= 11 is 5.90. The number of para-hydroxylation sites is 1. The third-order valence-corrected chi connectivity index (χ3v) is 8.23. The number of carbonyl (C=O) groups is 2. The van der Waals surface area contributed by atoms with E-state index in [1.807, 2.05) is 12.1 Å². The number of rotatable bonds is 6. The van der Waals surface area contributed by atoms with Crippen molar-refractivity contribution >= 4 is 44.9 Å². The van der Waals surface area contributed by atoms with Crippen molar-refractivity contribution in [2.24, 2.45) is 0 Å². The topological polar surface area (TPSA) is 92.8 Å². The van der Waals surface area contributed by atoms with Gasteiger partial charge in [0.2, 0.25) is 0 Å². The Kier molecular flexibility index (Phi) is 7.44. The smallest absolute Gasteiger partial charge is 0.416 e. The Hall–Kier alpha value is -3.57. The van der Waals surface area contributed by atoms with Crippen LogP contribution in [-0.2, 0) is 32.2 Å². The second-order valence-electron chi connectivity index (χ2n) is 8.74. The van der Waals surface area contributed by atoms with E-state index >= 15 is 0 Å². The molecule has 3 aromatic rings. The van der Waals surface area contributed by atoms with Crippen molar-refractivity contribution < 1.29 is 35.9 Å². The number of fused-ring (bicyclic) bond motifs is 1. The van der Waals surface area contributed by atoms with Crippen molar-refractivity contribution in [1.82, 2.24) is 0 Å². The Morgan fingerprint density at radius 1 is 1.08 bits per heavy atom. The van der Waals surface area contributed by atoms with Crippen LogP contribution in [0.1, 0.15) is 35.3 Å². The average Bonchev–Trinajstić information content (AvgIpc) is 3.21. The highest BCUT2D eigenvalue weighted by molar-refractivity contribution is 7.92. The molecule has 0 aliphatic carbocycles. The van der Waals surface area contributed by atoms with E-state index in [4.69, 9.17) is 16.3 Å². The van der Waals surface area contributed by atoms with E-state index in [9.17, 15) is 31.2 Å². The molecule has 0 aromatic heterocycles. The molecular formula is C26H22ClF3N2O5S. The Bertz CT molecular complexity index is 1510. The summed E-state index contributed by atoms with van der Waals surface area (Å²) in [7, 11) is -4.02. The average molecular weight is 567 g/mol. The fourth-order valence-corrected chi connectivity index (χ4v) is 6.02. The summed E-state index contributed by atoms with van der Waals surface area (Å²) in [5.74, 6) is -1.92. The minimum absolute atomic E-state index is 0.122. The van der Waals surface area contributed by atoms with Gasteiger partial charge in [-0.05, 0) is 68.3 Å². The summed E-state index contributed by atoms with van der Waals surface area (Å²) in [6.45, 7) is 3.00. The van der Waals surface area contributed by atoms with Gasteiger partial charge in [-0.3, -0.25) is 9.10 Å². The van der Waals surface area contributed by atoms with E-state index in [1.54, 1.807) is 19.1 Å². The minimum atomic E-state index is -4.65. The zero-order valence-corrected chi connectivity index (χ0v) is 21.7. The SMILES string of the molecule is C[C@@H]1Cc2ccccc2N1S(=O)(=O)c1cccc(C(=O)O[C@H](C)C(=O)Nc2cc(C(F)(F)F)ccc2Cl)c1. The molecule has 2 atom stereocenters. The van der Waals surface area contributed by atoms with Crippen molar-refractivity contribution in [3.05, 3.63) is 88.4 Å². The number of ether oxygens (including phenoxy) is 1. The summed E-state index contributed by atoms with van der Waals surface area (Å²) in [4.78, 5) is 25.1. The number of hydrogen-bond donors (Lipinski definition) is 1. The van der Waals surface area contributed by atoms with Gasteiger partial charge < -0.3 is 10.1 Å². The Morgan fingerprint density at radius 3 is 2.50 bits per heavy atom. The molecule has 0 radical (unpaired) electrons. The number of amides is 1. The fraction of sp³-hybridized carbons (Fsp3) is 0.231. The molecule has 7 nitrogen and oxygen atoms in total. The summed E-state index contributed by atoms with van der Waals surface area (Å²) in [6, 6.07) is 14.4. The van der Waals surface area contributed by atoms with Gasteiger partial charge in [0, 0.05) is 6.04 Å². The fourth-order valence-electron chi connectivity index (χ4n) is 4.11. The first-order valence-electron chi connectivity index (χ1n) is 11.4. The van der Waals surface area contributed by atoms with Crippen LogP contribution in [0.3, 0.4) is 0 Å². The van der Waals surface area contributed by atoms with Gasteiger partial charge in [-0.25, -0.2) is 13.2 Å². The van der Waals surface area contributed by atoms with E-state index < -0.39 is 39.7 Å². The number of nitrogens with zero attached hydrogens (tertiary/aromatic N) is 1. The number of benzene rings is 3. The third-order valence-electron chi connectivity index (χ3n) is 5.98. The van der Waals surface area contributed by atoms with Crippen LogP contribution in [0.2, 0.25) is 5.02 Å². The number of carbonyl (C=O) groups excluding carboxylic acids is 2. The number of esters is 1. The highest BCUT2D eigenvalue weighted by atomic mass is 35.5. The summed E-state index contributed by atoms with van der Waals surface area (Å²) in [5, 5.41) is 2.08. The van der Waals surface area contributed by atoms with E-state index in [0.29, 0.717) is 18.2 Å². The zero-order chi connectivity index (χ0) is 27.8. The number of hydrogen-bond acceptors (Lipinski definition) is 5.